The summed E-state index contributed by atoms with van der Waals surface area (Å²) in [4.78, 5) is 2.59. The number of benzene rings is 1. The highest BCUT2D eigenvalue weighted by molar-refractivity contribution is 6.31. The lowest BCUT2D eigenvalue weighted by molar-refractivity contribution is 0.154. The summed E-state index contributed by atoms with van der Waals surface area (Å²) in [6.07, 6.45) is 1.19. The summed E-state index contributed by atoms with van der Waals surface area (Å²) < 4.78 is 0. The molecule has 21 heavy (non-hydrogen) atoms. The van der Waals surface area contributed by atoms with Gasteiger partial charge in [-0.25, -0.2) is 0 Å². The van der Waals surface area contributed by atoms with Gasteiger partial charge in [0.1, 0.15) is 0 Å². The molecule has 2 nitrogen and oxygen atoms in total. The summed E-state index contributed by atoms with van der Waals surface area (Å²) in [5.74, 6) is 0.694. The second-order valence-electron chi connectivity index (χ2n) is 5.94. The van der Waals surface area contributed by atoms with Gasteiger partial charge < -0.3 is 5.32 Å². The topological polar surface area (TPSA) is 15.3 Å². The average Bonchev–Trinajstić information content (AvgIpc) is 2.40. The Hall–Kier alpha value is 0.01000. The van der Waals surface area contributed by atoms with E-state index in [9.17, 15) is 0 Å². The number of nitrogens with one attached hydrogen (secondary N) is 1. The summed E-state index contributed by atoms with van der Waals surface area (Å²) in [6.45, 7) is 11.1. The van der Waals surface area contributed by atoms with Crippen molar-refractivity contribution in [3.63, 3.8) is 0 Å². The van der Waals surface area contributed by atoms with E-state index in [-0.39, 0.29) is 24.8 Å². The predicted molar refractivity (Wildman–Crippen MR) is 97.3 cm³/mol. The molecular weight excluding hydrogens is 327 g/mol. The number of hydrogen-bond donors (Lipinski definition) is 1. The van der Waals surface area contributed by atoms with E-state index < -0.39 is 0 Å². The Morgan fingerprint density at radius 1 is 1.19 bits per heavy atom. The van der Waals surface area contributed by atoms with Crippen LogP contribution in [-0.2, 0) is 0 Å². The van der Waals surface area contributed by atoms with Crippen molar-refractivity contribution in [2.24, 2.45) is 5.92 Å². The van der Waals surface area contributed by atoms with E-state index in [1.54, 1.807) is 0 Å². The first-order valence-electron chi connectivity index (χ1n) is 7.28. The smallest absolute Gasteiger partial charge is 0.0438 e. The monoisotopic (exact) mass is 352 g/mol. The normalized spacial score (nSPS) is 17.0. The lowest BCUT2D eigenvalue weighted by atomic mass is 9.94. The Morgan fingerprint density at radius 3 is 2.33 bits per heavy atom. The third kappa shape index (κ3) is 5.96. The minimum atomic E-state index is 0. The van der Waals surface area contributed by atoms with Gasteiger partial charge in [-0.3, -0.25) is 4.90 Å². The van der Waals surface area contributed by atoms with Crippen LogP contribution in [0.15, 0.2) is 18.2 Å². The van der Waals surface area contributed by atoms with E-state index in [0.29, 0.717) is 12.0 Å². The first-order chi connectivity index (χ1) is 9.08. The Morgan fingerprint density at radius 2 is 1.81 bits per heavy atom. The number of rotatable bonds is 4. The van der Waals surface area contributed by atoms with Gasteiger partial charge in [0.05, 0.1) is 0 Å². The van der Waals surface area contributed by atoms with E-state index in [4.69, 9.17) is 11.6 Å². The molecule has 1 fully saturated rings. The van der Waals surface area contributed by atoms with Crippen molar-refractivity contribution in [2.75, 3.05) is 26.2 Å². The fraction of sp³-hybridized carbons (Fsp3) is 0.625. The molecule has 2 rings (SSSR count). The van der Waals surface area contributed by atoms with Gasteiger partial charge in [0.25, 0.3) is 0 Å². The Balaban J connectivity index is 0.00000200. The average molecular weight is 354 g/mol. The van der Waals surface area contributed by atoms with Crippen LogP contribution in [0.25, 0.3) is 0 Å². The maximum atomic E-state index is 6.30. The van der Waals surface area contributed by atoms with Gasteiger partial charge in [0.2, 0.25) is 0 Å². The summed E-state index contributed by atoms with van der Waals surface area (Å²) in [6, 6.07) is 7.05. The maximum Gasteiger partial charge on any atom is 0.0438 e. The minimum Gasteiger partial charge on any atom is -0.314 e. The molecule has 1 aliphatic rings. The Labute approximate surface area is 146 Å². The summed E-state index contributed by atoms with van der Waals surface area (Å²) in [5.41, 5.74) is 2.53. The molecule has 1 aromatic rings. The molecule has 0 unspecified atom stereocenters. The van der Waals surface area contributed by atoms with Crippen LogP contribution in [0.2, 0.25) is 5.02 Å². The van der Waals surface area contributed by atoms with Crippen molar-refractivity contribution >= 4 is 36.4 Å². The molecule has 1 aromatic carbocycles. The minimum absolute atomic E-state index is 0. The van der Waals surface area contributed by atoms with Gasteiger partial charge in [0.15, 0.2) is 0 Å². The molecule has 0 spiro atoms. The molecule has 5 heteroatoms. The second kappa shape index (κ2) is 9.91. The number of aryl methyl sites for hydroxylation is 1. The second-order valence-corrected chi connectivity index (χ2v) is 6.35. The Kier molecular flexibility index (Phi) is 9.92. The van der Waals surface area contributed by atoms with Gasteiger partial charge in [-0.15, -0.1) is 24.8 Å². The molecule has 1 aliphatic heterocycles. The predicted octanol–water partition coefficient (Wildman–Crippen LogP) is 4.48. The fourth-order valence-electron chi connectivity index (χ4n) is 2.75. The third-order valence-electron chi connectivity index (χ3n) is 3.87. The highest BCUT2D eigenvalue weighted by Gasteiger charge is 2.23. The maximum absolute atomic E-state index is 6.30. The third-order valence-corrected chi connectivity index (χ3v) is 4.27. The van der Waals surface area contributed by atoms with Crippen molar-refractivity contribution < 1.29 is 0 Å². The van der Waals surface area contributed by atoms with Crippen LogP contribution in [0.4, 0.5) is 0 Å². The van der Waals surface area contributed by atoms with E-state index in [1.165, 1.54) is 12.0 Å². The number of halogens is 3. The quantitative estimate of drug-likeness (QED) is 0.858. The zero-order chi connectivity index (χ0) is 13.8. The zero-order valence-corrected chi connectivity index (χ0v) is 15.5. The molecular formula is C16H27Cl3N2. The molecule has 1 saturated heterocycles. The molecule has 0 aromatic heterocycles. The van der Waals surface area contributed by atoms with Crippen molar-refractivity contribution in [3.05, 3.63) is 34.3 Å². The van der Waals surface area contributed by atoms with Gasteiger partial charge in [-0.05, 0) is 36.5 Å². The first kappa shape index (κ1) is 21.0. The van der Waals surface area contributed by atoms with Crippen molar-refractivity contribution in [1.82, 2.24) is 10.2 Å². The zero-order valence-electron chi connectivity index (χ0n) is 13.1. The Bertz CT molecular complexity index is 418. The van der Waals surface area contributed by atoms with Crippen LogP contribution in [0, 0.1) is 12.8 Å². The first-order valence-corrected chi connectivity index (χ1v) is 7.66. The van der Waals surface area contributed by atoms with Gasteiger partial charge in [-0.1, -0.05) is 37.6 Å². The largest absolute Gasteiger partial charge is 0.314 e. The number of nitrogens with zero attached hydrogens (tertiary/aromatic N) is 1. The highest BCUT2D eigenvalue weighted by atomic mass is 35.5. The van der Waals surface area contributed by atoms with Crippen LogP contribution in [0.1, 0.15) is 37.4 Å². The highest BCUT2D eigenvalue weighted by Crippen LogP contribution is 2.30. The van der Waals surface area contributed by atoms with E-state index in [2.05, 4.69) is 49.2 Å². The van der Waals surface area contributed by atoms with Crippen molar-refractivity contribution in [1.29, 1.82) is 0 Å². The summed E-state index contributed by atoms with van der Waals surface area (Å²) in [7, 11) is 0. The molecule has 0 aliphatic carbocycles. The van der Waals surface area contributed by atoms with Crippen LogP contribution in [0.3, 0.4) is 0 Å². The van der Waals surface area contributed by atoms with Crippen molar-refractivity contribution in [3.8, 4) is 0 Å². The lowest BCUT2D eigenvalue weighted by Crippen LogP contribution is -2.45. The van der Waals surface area contributed by atoms with E-state index >= 15 is 0 Å². The van der Waals surface area contributed by atoms with Gasteiger partial charge in [0, 0.05) is 37.2 Å². The van der Waals surface area contributed by atoms with Gasteiger partial charge >= 0.3 is 0 Å². The standard InChI is InChI=1S/C16H25ClN2.2ClH/c1-12(2)10-16(19-8-6-18-7-9-19)14-5-4-13(3)15(17)11-14;;/h4-5,11-12,16,18H,6-10H2,1-3H3;2*1H/t16-;;/m1../s1. The molecule has 1 atom stereocenters. The fourth-order valence-corrected chi connectivity index (χ4v) is 2.94. The number of hydrogen-bond acceptors (Lipinski definition) is 2. The summed E-state index contributed by atoms with van der Waals surface area (Å²) >= 11 is 6.30. The van der Waals surface area contributed by atoms with Crippen molar-refractivity contribution in [2.45, 2.75) is 33.2 Å². The lowest BCUT2D eigenvalue weighted by Gasteiger charge is -2.36. The molecule has 122 valence electrons. The van der Waals surface area contributed by atoms with Crippen LogP contribution < -0.4 is 5.32 Å². The molecule has 1 heterocycles. The summed E-state index contributed by atoms with van der Waals surface area (Å²) in [5, 5.41) is 4.32. The molecule has 0 radical (unpaired) electrons. The molecule has 0 bridgehead atoms. The SMILES string of the molecule is Cc1ccc([C@@H](CC(C)C)N2CCNCC2)cc1Cl.Cl.Cl. The van der Waals surface area contributed by atoms with Crippen LogP contribution in [-0.4, -0.2) is 31.1 Å². The molecule has 1 N–H and O–H groups in total. The van der Waals surface area contributed by atoms with Gasteiger partial charge in [-0.2, -0.15) is 0 Å². The van der Waals surface area contributed by atoms with E-state index in [0.717, 1.165) is 36.8 Å². The number of piperazine rings is 1. The molecule has 0 amide bonds. The van der Waals surface area contributed by atoms with Crippen LogP contribution in [0.5, 0.6) is 0 Å². The molecule has 0 saturated carbocycles. The van der Waals surface area contributed by atoms with E-state index in [1.807, 2.05) is 0 Å². The van der Waals surface area contributed by atoms with Crippen LogP contribution >= 0.6 is 36.4 Å².